The van der Waals surface area contributed by atoms with Gasteiger partial charge in [0.05, 0.1) is 18.4 Å². The van der Waals surface area contributed by atoms with Crippen LogP contribution < -0.4 is 5.32 Å². The lowest BCUT2D eigenvalue weighted by Crippen LogP contribution is -2.11. The quantitative estimate of drug-likeness (QED) is 0.678. The first kappa shape index (κ1) is 15.6. The highest BCUT2D eigenvalue weighted by molar-refractivity contribution is 6.04. The molecular weight excluding hydrogens is 282 g/mol. The molecule has 0 spiro atoms. The van der Waals surface area contributed by atoms with Crippen LogP contribution in [0.5, 0.6) is 0 Å². The Morgan fingerprint density at radius 2 is 1.95 bits per heavy atom. The van der Waals surface area contributed by atoms with E-state index in [0.29, 0.717) is 23.6 Å². The van der Waals surface area contributed by atoms with Crippen LogP contribution in [0.25, 0.3) is 6.08 Å². The topological polar surface area (TPSA) is 68.5 Å². The van der Waals surface area contributed by atoms with Gasteiger partial charge in [-0.15, -0.1) is 0 Å². The summed E-state index contributed by atoms with van der Waals surface area (Å²) >= 11 is 0. The molecule has 0 unspecified atom stereocenters. The van der Waals surface area contributed by atoms with E-state index in [9.17, 15) is 9.59 Å². The van der Waals surface area contributed by atoms with Crippen molar-refractivity contribution in [3.63, 3.8) is 0 Å². The second kappa shape index (κ2) is 7.26. The molecule has 2 aromatic rings. The minimum absolute atomic E-state index is 0.221. The maximum Gasteiger partial charge on any atom is 0.330 e. The molecule has 0 aliphatic heterocycles. The van der Waals surface area contributed by atoms with Gasteiger partial charge in [0.25, 0.3) is 5.91 Å². The third-order valence-corrected chi connectivity index (χ3v) is 2.97. The van der Waals surface area contributed by atoms with Gasteiger partial charge >= 0.3 is 5.97 Å². The van der Waals surface area contributed by atoms with Crippen molar-refractivity contribution in [3.8, 4) is 0 Å². The van der Waals surface area contributed by atoms with E-state index in [2.05, 4.69) is 5.32 Å². The molecule has 0 aliphatic carbocycles. The number of benzene rings is 1. The maximum absolute atomic E-state index is 12.0. The van der Waals surface area contributed by atoms with Crippen molar-refractivity contribution in [1.82, 2.24) is 0 Å². The molecule has 2 rings (SSSR count). The van der Waals surface area contributed by atoms with E-state index in [1.807, 2.05) is 0 Å². The molecule has 1 aromatic heterocycles. The van der Waals surface area contributed by atoms with Gasteiger partial charge in [0.1, 0.15) is 5.76 Å². The minimum Gasteiger partial charge on any atom is -0.469 e. The predicted octanol–water partition coefficient (Wildman–Crippen LogP) is 3.42. The van der Waals surface area contributed by atoms with Crippen molar-refractivity contribution in [2.45, 2.75) is 13.8 Å². The van der Waals surface area contributed by atoms with Crippen LogP contribution in [0.3, 0.4) is 0 Å². The van der Waals surface area contributed by atoms with Crippen molar-refractivity contribution in [3.05, 3.63) is 59.6 Å². The summed E-state index contributed by atoms with van der Waals surface area (Å²) in [5, 5.41) is 2.78. The molecule has 5 heteroatoms. The lowest BCUT2D eigenvalue weighted by atomic mass is 10.2. The maximum atomic E-state index is 12.0. The van der Waals surface area contributed by atoms with Gasteiger partial charge in [-0.3, -0.25) is 4.79 Å². The second-order valence-electron chi connectivity index (χ2n) is 4.55. The zero-order chi connectivity index (χ0) is 15.9. The summed E-state index contributed by atoms with van der Waals surface area (Å²) < 4.78 is 9.90. The van der Waals surface area contributed by atoms with Gasteiger partial charge in [-0.1, -0.05) is 12.1 Å². The number of rotatable bonds is 5. The molecule has 0 bridgehead atoms. The van der Waals surface area contributed by atoms with Gasteiger partial charge in [0.15, 0.2) is 0 Å². The first-order valence-corrected chi connectivity index (χ1v) is 6.90. The molecule has 114 valence electrons. The molecule has 5 nitrogen and oxygen atoms in total. The van der Waals surface area contributed by atoms with E-state index in [0.717, 1.165) is 5.56 Å². The number of esters is 1. The van der Waals surface area contributed by atoms with Crippen LogP contribution in [0.2, 0.25) is 0 Å². The average Bonchev–Trinajstić information content (AvgIpc) is 2.93. The third kappa shape index (κ3) is 4.09. The Kier molecular flexibility index (Phi) is 5.14. The summed E-state index contributed by atoms with van der Waals surface area (Å²) in [5.41, 5.74) is 2.01. The number of carbonyl (C=O) groups excluding carboxylic acids is 2. The first-order chi connectivity index (χ1) is 10.6. The highest BCUT2D eigenvalue weighted by atomic mass is 16.5. The molecule has 1 amide bonds. The number of amides is 1. The Balaban J connectivity index is 1.99. The van der Waals surface area contributed by atoms with E-state index in [4.69, 9.17) is 9.15 Å². The van der Waals surface area contributed by atoms with Gasteiger partial charge in [0.2, 0.25) is 0 Å². The number of furan rings is 1. The Hall–Kier alpha value is -2.82. The molecule has 0 radical (unpaired) electrons. The monoisotopic (exact) mass is 299 g/mol. The van der Waals surface area contributed by atoms with E-state index >= 15 is 0 Å². The summed E-state index contributed by atoms with van der Waals surface area (Å²) in [5.74, 6) is -0.0251. The largest absolute Gasteiger partial charge is 0.469 e. The molecule has 0 fully saturated rings. The molecule has 1 N–H and O–H groups in total. The molecule has 0 aliphatic rings. The fourth-order valence-corrected chi connectivity index (χ4v) is 1.85. The summed E-state index contributed by atoms with van der Waals surface area (Å²) in [4.78, 5) is 23.2. The lowest BCUT2D eigenvalue weighted by molar-refractivity contribution is -0.137. The molecule has 1 heterocycles. The SMILES string of the molecule is CCOC(=O)/C=C/c1ccc(NC(=O)c2ccoc2C)cc1. The summed E-state index contributed by atoms with van der Waals surface area (Å²) in [6, 6.07) is 8.75. The van der Waals surface area contributed by atoms with E-state index in [-0.39, 0.29) is 11.9 Å². The number of hydrogen-bond acceptors (Lipinski definition) is 4. The number of carbonyl (C=O) groups is 2. The van der Waals surface area contributed by atoms with Crippen LogP contribution in [0.4, 0.5) is 5.69 Å². The summed E-state index contributed by atoms with van der Waals surface area (Å²) in [7, 11) is 0. The summed E-state index contributed by atoms with van der Waals surface area (Å²) in [6.07, 6.45) is 4.50. The molecule has 0 saturated heterocycles. The first-order valence-electron chi connectivity index (χ1n) is 6.90. The van der Waals surface area contributed by atoms with Crippen molar-refractivity contribution in [1.29, 1.82) is 0 Å². The van der Waals surface area contributed by atoms with Crippen LogP contribution in [0.1, 0.15) is 28.6 Å². The fraction of sp³-hybridized carbons (Fsp3) is 0.176. The standard InChI is InChI=1S/C17H17NO4/c1-3-21-16(19)9-6-13-4-7-14(8-5-13)18-17(20)15-10-11-22-12(15)2/h4-11H,3H2,1-2H3,(H,18,20)/b9-6+. The van der Waals surface area contributed by atoms with Crippen LogP contribution in [0.15, 0.2) is 47.1 Å². The van der Waals surface area contributed by atoms with Crippen LogP contribution >= 0.6 is 0 Å². The van der Waals surface area contributed by atoms with Gasteiger partial charge < -0.3 is 14.5 Å². The Morgan fingerprint density at radius 3 is 2.55 bits per heavy atom. The third-order valence-electron chi connectivity index (χ3n) is 2.97. The van der Waals surface area contributed by atoms with Crippen molar-refractivity contribution in [2.75, 3.05) is 11.9 Å². The number of hydrogen-bond donors (Lipinski definition) is 1. The molecule has 0 saturated carbocycles. The Labute approximate surface area is 128 Å². The van der Waals surface area contributed by atoms with Crippen molar-refractivity contribution >= 4 is 23.6 Å². The number of nitrogens with one attached hydrogen (secondary N) is 1. The molecule has 22 heavy (non-hydrogen) atoms. The normalized spacial score (nSPS) is 10.6. The number of anilines is 1. The Bertz CT molecular complexity index is 683. The van der Waals surface area contributed by atoms with E-state index in [1.54, 1.807) is 50.3 Å². The van der Waals surface area contributed by atoms with Crippen LogP contribution in [-0.2, 0) is 9.53 Å². The fourth-order valence-electron chi connectivity index (χ4n) is 1.85. The number of aryl methyl sites for hydroxylation is 1. The van der Waals surface area contributed by atoms with Gasteiger partial charge in [-0.05, 0) is 43.7 Å². The Morgan fingerprint density at radius 1 is 1.23 bits per heavy atom. The van der Waals surface area contributed by atoms with Crippen molar-refractivity contribution in [2.24, 2.45) is 0 Å². The minimum atomic E-state index is -0.379. The lowest BCUT2D eigenvalue weighted by Gasteiger charge is -2.04. The average molecular weight is 299 g/mol. The molecule has 1 aromatic carbocycles. The second-order valence-corrected chi connectivity index (χ2v) is 4.55. The summed E-state index contributed by atoms with van der Waals surface area (Å²) in [6.45, 7) is 3.84. The van der Waals surface area contributed by atoms with Gasteiger partial charge in [-0.25, -0.2) is 4.79 Å². The van der Waals surface area contributed by atoms with Crippen LogP contribution in [-0.4, -0.2) is 18.5 Å². The highest BCUT2D eigenvalue weighted by Crippen LogP contribution is 2.14. The van der Waals surface area contributed by atoms with Gasteiger partial charge in [0, 0.05) is 11.8 Å². The highest BCUT2D eigenvalue weighted by Gasteiger charge is 2.11. The zero-order valence-corrected chi connectivity index (χ0v) is 12.5. The molecular formula is C17H17NO4. The van der Waals surface area contributed by atoms with E-state index < -0.39 is 0 Å². The van der Waals surface area contributed by atoms with Crippen molar-refractivity contribution < 1.29 is 18.7 Å². The zero-order valence-electron chi connectivity index (χ0n) is 12.5. The van der Waals surface area contributed by atoms with Crippen LogP contribution in [0, 0.1) is 6.92 Å². The predicted molar refractivity (Wildman–Crippen MR) is 83.5 cm³/mol. The number of ether oxygens (including phenoxy) is 1. The molecule has 0 atom stereocenters. The van der Waals surface area contributed by atoms with Gasteiger partial charge in [-0.2, -0.15) is 0 Å². The smallest absolute Gasteiger partial charge is 0.330 e. The van der Waals surface area contributed by atoms with E-state index in [1.165, 1.54) is 12.3 Å².